The Labute approximate surface area is 174 Å². The predicted molar refractivity (Wildman–Crippen MR) is 116 cm³/mol. The smallest absolute Gasteiger partial charge is 0.257 e. The van der Waals surface area contributed by atoms with Crippen LogP contribution in [0.3, 0.4) is 0 Å². The zero-order valence-corrected chi connectivity index (χ0v) is 16.6. The summed E-state index contributed by atoms with van der Waals surface area (Å²) >= 11 is 0. The Balaban J connectivity index is 1.73. The van der Waals surface area contributed by atoms with Gasteiger partial charge < -0.3 is 20.7 Å². The van der Waals surface area contributed by atoms with Crippen LogP contribution in [0.5, 0.6) is 5.75 Å². The second-order valence-electron chi connectivity index (χ2n) is 6.44. The number of amides is 3. The molecule has 0 heterocycles. The summed E-state index contributed by atoms with van der Waals surface area (Å²) in [7, 11) is 1.57. The van der Waals surface area contributed by atoms with Crippen molar-refractivity contribution >= 4 is 34.8 Å². The molecule has 3 amide bonds. The summed E-state index contributed by atoms with van der Waals surface area (Å²) in [5, 5.41) is 8.21. The van der Waals surface area contributed by atoms with Crippen molar-refractivity contribution in [1.82, 2.24) is 0 Å². The van der Waals surface area contributed by atoms with Gasteiger partial charge in [0.1, 0.15) is 5.75 Å². The van der Waals surface area contributed by atoms with E-state index < -0.39 is 0 Å². The van der Waals surface area contributed by atoms with Crippen LogP contribution in [0.25, 0.3) is 0 Å². The van der Waals surface area contributed by atoms with Gasteiger partial charge >= 0.3 is 0 Å². The van der Waals surface area contributed by atoms with Crippen molar-refractivity contribution in [3.63, 3.8) is 0 Å². The van der Waals surface area contributed by atoms with Crippen molar-refractivity contribution in [1.29, 1.82) is 0 Å². The molecule has 0 aliphatic carbocycles. The minimum absolute atomic E-state index is 0.191. The molecular formula is C23H21N3O4. The molecule has 3 N–H and O–H groups in total. The van der Waals surface area contributed by atoms with Crippen molar-refractivity contribution in [2.75, 3.05) is 23.1 Å². The summed E-state index contributed by atoms with van der Waals surface area (Å²) in [6.07, 6.45) is 0. The summed E-state index contributed by atoms with van der Waals surface area (Å²) in [6, 6.07) is 20.2. The van der Waals surface area contributed by atoms with Crippen LogP contribution >= 0.6 is 0 Å². The molecule has 0 bridgehead atoms. The molecule has 152 valence electrons. The number of hydrogen-bond donors (Lipinski definition) is 3. The minimum Gasteiger partial charge on any atom is -0.497 e. The van der Waals surface area contributed by atoms with Crippen LogP contribution < -0.4 is 20.7 Å². The molecule has 30 heavy (non-hydrogen) atoms. The molecule has 7 heteroatoms. The van der Waals surface area contributed by atoms with Crippen molar-refractivity contribution in [3.05, 3.63) is 83.9 Å². The quantitative estimate of drug-likeness (QED) is 0.576. The Hall–Kier alpha value is -4.13. The third kappa shape index (κ3) is 5.23. The number of ether oxygens (including phenoxy) is 1. The molecule has 0 aliphatic heterocycles. The number of carbonyl (C=O) groups is 3. The first-order valence-corrected chi connectivity index (χ1v) is 9.19. The van der Waals surface area contributed by atoms with E-state index in [-0.39, 0.29) is 17.7 Å². The Kier molecular flexibility index (Phi) is 6.44. The second-order valence-corrected chi connectivity index (χ2v) is 6.44. The summed E-state index contributed by atoms with van der Waals surface area (Å²) in [6.45, 7) is 1.41. The monoisotopic (exact) mass is 403 g/mol. The number of hydrogen-bond acceptors (Lipinski definition) is 4. The molecule has 0 unspecified atom stereocenters. The largest absolute Gasteiger partial charge is 0.497 e. The number of carbonyl (C=O) groups excluding carboxylic acids is 3. The van der Waals surface area contributed by atoms with Gasteiger partial charge in [0, 0.05) is 23.9 Å². The summed E-state index contributed by atoms with van der Waals surface area (Å²) in [4.78, 5) is 36.4. The maximum atomic E-state index is 12.7. The predicted octanol–water partition coefficient (Wildman–Crippen LogP) is 4.16. The van der Waals surface area contributed by atoms with Crippen LogP contribution in [-0.4, -0.2) is 24.8 Å². The Morgan fingerprint density at radius 3 is 1.93 bits per heavy atom. The van der Waals surface area contributed by atoms with Crippen molar-refractivity contribution in [2.24, 2.45) is 0 Å². The van der Waals surface area contributed by atoms with E-state index >= 15 is 0 Å². The third-order valence-electron chi connectivity index (χ3n) is 4.24. The molecule has 0 radical (unpaired) electrons. The molecule has 0 aliphatic rings. The van der Waals surface area contributed by atoms with Gasteiger partial charge in [0.05, 0.1) is 18.4 Å². The van der Waals surface area contributed by atoms with E-state index in [9.17, 15) is 14.4 Å². The number of anilines is 3. The van der Waals surface area contributed by atoms with E-state index in [1.54, 1.807) is 79.9 Å². The summed E-state index contributed by atoms with van der Waals surface area (Å²) in [5.74, 6) is -0.222. The van der Waals surface area contributed by atoms with Crippen LogP contribution in [0, 0.1) is 0 Å². The van der Waals surface area contributed by atoms with Crippen LogP contribution in [0.4, 0.5) is 17.1 Å². The first-order chi connectivity index (χ1) is 14.5. The fraction of sp³-hybridized carbons (Fsp3) is 0.0870. The molecule has 3 aromatic rings. The molecule has 7 nitrogen and oxygen atoms in total. The fourth-order valence-corrected chi connectivity index (χ4v) is 2.77. The zero-order valence-electron chi connectivity index (χ0n) is 16.6. The highest BCUT2D eigenvalue weighted by atomic mass is 16.5. The van der Waals surface area contributed by atoms with E-state index in [0.29, 0.717) is 33.9 Å². The second kappa shape index (κ2) is 9.38. The van der Waals surface area contributed by atoms with E-state index in [1.165, 1.54) is 6.92 Å². The van der Waals surface area contributed by atoms with Gasteiger partial charge in [-0.05, 0) is 60.7 Å². The van der Waals surface area contributed by atoms with Gasteiger partial charge in [-0.3, -0.25) is 14.4 Å². The Bertz CT molecular complexity index is 1060. The topological polar surface area (TPSA) is 96.5 Å². The number of benzene rings is 3. The molecular weight excluding hydrogens is 382 g/mol. The first kappa shape index (κ1) is 20.6. The molecule has 0 spiro atoms. The van der Waals surface area contributed by atoms with Gasteiger partial charge in [-0.2, -0.15) is 0 Å². The van der Waals surface area contributed by atoms with E-state index in [2.05, 4.69) is 16.0 Å². The number of methoxy groups -OCH3 is 1. The highest BCUT2D eigenvalue weighted by Gasteiger charge is 2.14. The number of rotatable bonds is 6. The minimum atomic E-state index is -0.367. The van der Waals surface area contributed by atoms with Crippen LogP contribution in [0.1, 0.15) is 27.6 Å². The standard InChI is InChI=1S/C23H21N3O4/c1-15(27)24-17-9-7-16(8-10-17)22(28)26-21-6-4-3-5-20(21)23(29)25-18-11-13-19(30-2)14-12-18/h3-14H,1-2H3,(H,24,27)(H,25,29)(H,26,28). The van der Waals surface area contributed by atoms with Gasteiger partial charge in [0.25, 0.3) is 11.8 Å². The molecule has 0 aromatic heterocycles. The van der Waals surface area contributed by atoms with Crippen molar-refractivity contribution in [3.8, 4) is 5.75 Å². The lowest BCUT2D eigenvalue weighted by molar-refractivity contribution is -0.114. The maximum Gasteiger partial charge on any atom is 0.257 e. The Morgan fingerprint density at radius 2 is 1.30 bits per heavy atom. The lowest BCUT2D eigenvalue weighted by Gasteiger charge is -2.12. The zero-order chi connectivity index (χ0) is 21.5. The van der Waals surface area contributed by atoms with Crippen LogP contribution in [0.15, 0.2) is 72.8 Å². The average molecular weight is 403 g/mol. The average Bonchev–Trinajstić information content (AvgIpc) is 2.74. The van der Waals surface area contributed by atoms with Gasteiger partial charge in [0.15, 0.2) is 0 Å². The Morgan fingerprint density at radius 1 is 0.700 bits per heavy atom. The van der Waals surface area contributed by atoms with E-state index in [1.807, 2.05) is 0 Å². The van der Waals surface area contributed by atoms with E-state index in [4.69, 9.17) is 4.74 Å². The van der Waals surface area contributed by atoms with Gasteiger partial charge in [-0.15, -0.1) is 0 Å². The van der Waals surface area contributed by atoms with Crippen molar-refractivity contribution < 1.29 is 19.1 Å². The number of para-hydroxylation sites is 1. The normalized spacial score (nSPS) is 10.1. The highest BCUT2D eigenvalue weighted by molar-refractivity contribution is 6.12. The third-order valence-corrected chi connectivity index (χ3v) is 4.24. The maximum absolute atomic E-state index is 12.7. The lowest BCUT2D eigenvalue weighted by atomic mass is 10.1. The first-order valence-electron chi connectivity index (χ1n) is 9.19. The summed E-state index contributed by atoms with van der Waals surface area (Å²) < 4.78 is 5.11. The molecule has 0 saturated heterocycles. The lowest BCUT2D eigenvalue weighted by Crippen LogP contribution is -2.18. The fourth-order valence-electron chi connectivity index (χ4n) is 2.77. The van der Waals surface area contributed by atoms with Gasteiger partial charge in [-0.1, -0.05) is 12.1 Å². The molecule has 0 saturated carbocycles. The number of nitrogens with one attached hydrogen (secondary N) is 3. The molecule has 3 rings (SSSR count). The molecule has 0 fully saturated rings. The molecule has 3 aromatic carbocycles. The van der Waals surface area contributed by atoms with Gasteiger partial charge in [0.2, 0.25) is 5.91 Å². The van der Waals surface area contributed by atoms with Crippen molar-refractivity contribution in [2.45, 2.75) is 6.92 Å². The van der Waals surface area contributed by atoms with E-state index in [0.717, 1.165) is 0 Å². The van der Waals surface area contributed by atoms with Crippen LogP contribution in [-0.2, 0) is 4.79 Å². The summed E-state index contributed by atoms with van der Waals surface area (Å²) in [5.41, 5.74) is 2.32. The van der Waals surface area contributed by atoms with Gasteiger partial charge in [-0.25, -0.2) is 0 Å². The molecule has 0 atom stereocenters. The highest BCUT2D eigenvalue weighted by Crippen LogP contribution is 2.20. The van der Waals surface area contributed by atoms with Crippen LogP contribution in [0.2, 0.25) is 0 Å². The SMILES string of the molecule is COc1ccc(NC(=O)c2ccccc2NC(=O)c2ccc(NC(C)=O)cc2)cc1.